The Kier molecular flexibility index (Phi) is 4.60. The van der Waals surface area contributed by atoms with Crippen LogP contribution in [0.3, 0.4) is 0 Å². The van der Waals surface area contributed by atoms with Gasteiger partial charge in [-0.3, -0.25) is 0 Å². The maximum Gasteiger partial charge on any atom is 0.162 e. The van der Waals surface area contributed by atoms with Gasteiger partial charge in [0.2, 0.25) is 0 Å². The molecule has 1 saturated heterocycles. The first-order valence-electron chi connectivity index (χ1n) is 10.2. The lowest BCUT2D eigenvalue weighted by Gasteiger charge is -2.37. The summed E-state index contributed by atoms with van der Waals surface area (Å²) < 4.78 is 0. The molecule has 1 aliphatic heterocycles. The molecule has 0 bridgehead atoms. The van der Waals surface area contributed by atoms with Gasteiger partial charge in [0.1, 0.15) is 5.82 Å². The van der Waals surface area contributed by atoms with Crippen LogP contribution < -0.4 is 9.80 Å². The summed E-state index contributed by atoms with van der Waals surface area (Å²) in [5.41, 5.74) is 4.58. The van der Waals surface area contributed by atoms with Crippen LogP contribution >= 0.6 is 0 Å². The van der Waals surface area contributed by atoms with E-state index in [9.17, 15) is 0 Å². The van der Waals surface area contributed by atoms with Crippen molar-refractivity contribution in [2.45, 2.75) is 6.92 Å². The molecule has 0 spiro atoms. The van der Waals surface area contributed by atoms with Gasteiger partial charge in [-0.2, -0.15) is 0 Å². The lowest BCUT2D eigenvalue weighted by atomic mass is 10.1. The summed E-state index contributed by atoms with van der Waals surface area (Å²) in [6, 6.07) is 27.4. The predicted octanol–water partition coefficient (Wildman–Crippen LogP) is 4.93. The quantitative estimate of drug-likeness (QED) is 0.504. The van der Waals surface area contributed by atoms with Crippen molar-refractivity contribution in [3.8, 4) is 11.4 Å². The molecule has 0 unspecified atom stereocenters. The Balaban J connectivity index is 1.49. The third kappa shape index (κ3) is 3.54. The van der Waals surface area contributed by atoms with Crippen molar-refractivity contribution in [1.29, 1.82) is 0 Å². The van der Waals surface area contributed by atoms with E-state index >= 15 is 0 Å². The number of hydrogen-bond acceptors (Lipinski definition) is 4. The van der Waals surface area contributed by atoms with Crippen LogP contribution in [0.2, 0.25) is 0 Å². The van der Waals surface area contributed by atoms with Crippen molar-refractivity contribution in [3.05, 3.63) is 84.4 Å². The molecule has 29 heavy (non-hydrogen) atoms. The molecule has 0 aliphatic carbocycles. The molecule has 144 valence electrons. The van der Waals surface area contributed by atoms with Gasteiger partial charge in [0, 0.05) is 42.8 Å². The van der Waals surface area contributed by atoms with Gasteiger partial charge in [-0.05, 0) is 37.3 Å². The Morgan fingerprint density at radius 2 is 1.41 bits per heavy atom. The summed E-state index contributed by atoms with van der Waals surface area (Å²) >= 11 is 0. The van der Waals surface area contributed by atoms with E-state index in [0.717, 1.165) is 54.3 Å². The average molecular weight is 380 g/mol. The molecule has 1 aromatic heterocycles. The fourth-order valence-electron chi connectivity index (χ4n) is 4.03. The molecule has 4 aromatic rings. The number of hydrogen-bond donors (Lipinski definition) is 0. The molecule has 2 heterocycles. The minimum absolute atomic E-state index is 0.799. The van der Waals surface area contributed by atoms with Gasteiger partial charge >= 0.3 is 0 Å². The van der Waals surface area contributed by atoms with Crippen molar-refractivity contribution in [3.63, 3.8) is 0 Å². The molecule has 4 nitrogen and oxygen atoms in total. The summed E-state index contributed by atoms with van der Waals surface area (Å²) in [5.74, 6) is 1.84. The van der Waals surface area contributed by atoms with Gasteiger partial charge < -0.3 is 9.80 Å². The van der Waals surface area contributed by atoms with Crippen molar-refractivity contribution in [2.24, 2.45) is 0 Å². The molecule has 1 aliphatic rings. The van der Waals surface area contributed by atoms with Gasteiger partial charge in [-0.1, -0.05) is 54.1 Å². The summed E-state index contributed by atoms with van der Waals surface area (Å²) in [5, 5.41) is 1.12. The van der Waals surface area contributed by atoms with E-state index in [-0.39, 0.29) is 0 Å². The first-order chi connectivity index (χ1) is 14.3. The topological polar surface area (TPSA) is 32.3 Å². The third-order valence-electron chi connectivity index (χ3n) is 5.56. The second kappa shape index (κ2) is 7.55. The fourth-order valence-corrected chi connectivity index (χ4v) is 4.03. The Bertz CT molecular complexity index is 1130. The molecule has 5 rings (SSSR count). The first kappa shape index (κ1) is 17.7. The number of aryl methyl sites for hydroxylation is 1. The van der Waals surface area contributed by atoms with E-state index in [1.54, 1.807) is 0 Å². The van der Waals surface area contributed by atoms with Gasteiger partial charge in [0.15, 0.2) is 5.82 Å². The zero-order chi connectivity index (χ0) is 19.6. The Morgan fingerprint density at radius 3 is 2.21 bits per heavy atom. The highest BCUT2D eigenvalue weighted by atomic mass is 15.3. The molecule has 4 heteroatoms. The minimum atomic E-state index is 0.799. The molecule has 0 saturated carbocycles. The van der Waals surface area contributed by atoms with E-state index in [1.807, 2.05) is 6.07 Å². The van der Waals surface area contributed by atoms with E-state index in [2.05, 4.69) is 89.5 Å². The number of nitrogens with zero attached hydrogens (tertiary/aromatic N) is 4. The van der Waals surface area contributed by atoms with Gasteiger partial charge in [-0.25, -0.2) is 9.97 Å². The zero-order valence-electron chi connectivity index (χ0n) is 16.6. The van der Waals surface area contributed by atoms with Crippen LogP contribution in [0.25, 0.3) is 22.3 Å². The highest BCUT2D eigenvalue weighted by Crippen LogP contribution is 2.29. The molecule has 0 atom stereocenters. The molecule has 3 aromatic carbocycles. The highest BCUT2D eigenvalue weighted by molar-refractivity contribution is 5.91. The van der Waals surface area contributed by atoms with Crippen molar-refractivity contribution in [1.82, 2.24) is 9.97 Å². The van der Waals surface area contributed by atoms with E-state index in [0.29, 0.717) is 0 Å². The van der Waals surface area contributed by atoms with Crippen LogP contribution in [0.5, 0.6) is 0 Å². The third-order valence-corrected chi connectivity index (χ3v) is 5.56. The van der Waals surface area contributed by atoms with E-state index < -0.39 is 0 Å². The number of anilines is 2. The molecular formula is C25H24N4. The monoisotopic (exact) mass is 380 g/mol. The average Bonchev–Trinajstić information content (AvgIpc) is 2.79. The van der Waals surface area contributed by atoms with Crippen LogP contribution in [-0.2, 0) is 0 Å². The lowest BCUT2D eigenvalue weighted by Crippen LogP contribution is -2.47. The molecule has 0 N–H and O–H groups in total. The SMILES string of the molecule is Cc1cccc(-c2nc(N3CCN(c4ccccc4)CC3)c3ccccc3n2)c1. The second-order valence-corrected chi connectivity index (χ2v) is 7.57. The first-order valence-corrected chi connectivity index (χ1v) is 10.2. The molecular weight excluding hydrogens is 356 g/mol. The number of rotatable bonds is 3. The predicted molar refractivity (Wildman–Crippen MR) is 121 cm³/mol. The van der Waals surface area contributed by atoms with Crippen LogP contribution in [0.15, 0.2) is 78.9 Å². The van der Waals surface area contributed by atoms with Crippen molar-refractivity contribution in [2.75, 3.05) is 36.0 Å². The van der Waals surface area contributed by atoms with E-state index in [1.165, 1.54) is 11.3 Å². The minimum Gasteiger partial charge on any atom is -0.368 e. The van der Waals surface area contributed by atoms with Gasteiger partial charge in [-0.15, -0.1) is 0 Å². The number of piperazine rings is 1. The second-order valence-electron chi connectivity index (χ2n) is 7.57. The van der Waals surface area contributed by atoms with Gasteiger partial charge in [0.05, 0.1) is 5.52 Å². The Hall–Kier alpha value is -3.40. The zero-order valence-corrected chi connectivity index (χ0v) is 16.6. The largest absolute Gasteiger partial charge is 0.368 e. The Morgan fingerprint density at radius 1 is 0.690 bits per heavy atom. The smallest absolute Gasteiger partial charge is 0.162 e. The van der Waals surface area contributed by atoms with Gasteiger partial charge in [0.25, 0.3) is 0 Å². The number of aromatic nitrogens is 2. The van der Waals surface area contributed by atoms with Crippen LogP contribution in [0.1, 0.15) is 5.56 Å². The number of fused-ring (bicyclic) bond motifs is 1. The maximum atomic E-state index is 5.03. The Labute approximate surface area is 171 Å². The standard InChI is InChI=1S/C25H24N4/c1-19-8-7-9-20(18-19)24-26-23-13-6-5-12-22(23)25(27-24)29-16-14-28(15-17-29)21-10-3-2-4-11-21/h2-13,18H,14-17H2,1H3. The number of para-hydroxylation sites is 2. The molecule has 1 fully saturated rings. The number of benzene rings is 3. The molecule has 0 radical (unpaired) electrons. The summed E-state index contributed by atoms with van der Waals surface area (Å²) in [6.45, 7) is 5.98. The maximum absolute atomic E-state index is 5.03. The van der Waals surface area contributed by atoms with Crippen LogP contribution in [0.4, 0.5) is 11.5 Å². The van der Waals surface area contributed by atoms with Crippen LogP contribution in [0, 0.1) is 6.92 Å². The highest BCUT2D eigenvalue weighted by Gasteiger charge is 2.21. The lowest BCUT2D eigenvalue weighted by molar-refractivity contribution is 0.649. The van der Waals surface area contributed by atoms with Crippen molar-refractivity contribution >= 4 is 22.4 Å². The van der Waals surface area contributed by atoms with Crippen molar-refractivity contribution < 1.29 is 0 Å². The molecule has 0 amide bonds. The summed E-state index contributed by atoms with van der Waals surface area (Å²) in [6.07, 6.45) is 0. The summed E-state index contributed by atoms with van der Waals surface area (Å²) in [7, 11) is 0. The summed E-state index contributed by atoms with van der Waals surface area (Å²) in [4.78, 5) is 14.7. The van der Waals surface area contributed by atoms with E-state index in [4.69, 9.17) is 9.97 Å². The normalized spacial score (nSPS) is 14.4. The fraction of sp³-hybridized carbons (Fsp3) is 0.200. The van der Waals surface area contributed by atoms with Crippen LogP contribution in [-0.4, -0.2) is 36.1 Å².